The molecule has 0 spiro atoms. The number of aromatic nitrogens is 1. The first kappa shape index (κ1) is 35.8. The van der Waals surface area contributed by atoms with Crippen LogP contribution < -0.4 is 15.6 Å². The van der Waals surface area contributed by atoms with Crippen LogP contribution in [0.1, 0.15) is 39.9 Å². The van der Waals surface area contributed by atoms with Crippen molar-refractivity contribution >= 4 is 40.6 Å². The average Bonchev–Trinajstić information content (AvgIpc) is 3.59. The summed E-state index contributed by atoms with van der Waals surface area (Å²) in [5.74, 6) is -4.76. The van der Waals surface area contributed by atoms with E-state index in [1.807, 2.05) is 17.0 Å². The third kappa shape index (κ3) is 8.20. The number of aliphatic imine (C=N–C) groups is 1. The molecule has 0 bridgehead atoms. The number of carboxylic acid groups (broad SMARTS) is 1. The molecule has 1 fully saturated rings. The summed E-state index contributed by atoms with van der Waals surface area (Å²) in [7, 11) is 2.10. The number of hydrogen-bond donors (Lipinski definition) is 4. The smallest absolute Gasteiger partial charge is 0.489 e. The number of hydrogen-bond acceptors (Lipinski definition) is 8. The lowest BCUT2D eigenvalue weighted by molar-refractivity contribution is -0.192. The number of carbonyl (C=O) groups excluding carboxylic acids is 1. The number of piperidine rings is 1. The van der Waals surface area contributed by atoms with Crippen LogP contribution >= 0.6 is 11.6 Å². The number of benzene rings is 2. The van der Waals surface area contributed by atoms with Crippen LogP contribution in [-0.2, 0) is 17.8 Å². The Hall–Kier alpha value is -4.54. The van der Waals surface area contributed by atoms with E-state index in [9.17, 15) is 36.6 Å². The molecular weight excluding hydrogens is 681 g/mol. The van der Waals surface area contributed by atoms with E-state index in [2.05, 4.69) is 22.2 Å². The number of halogens is 6. The quantitative estimate of drug-likeness (QED) is 0.197. The molecule has 3 aliphatic heterocycles. The minimum Gasteiger partial charge on any atom is -0.489 e. The second-order valence-electron chi connectivity index (χ2n) is 11.8. The van der Waals surface area contributed by atoms with Gasteiger partial charge >= 0.3 is 12.1 Å². The summed E-state index contributed by atoms with van der Waals surface area (Å²) in [5.41, 5.74) is 4.25. The van der Waals surface area contributed by atoms with Crippen molar-refractivity contribution < 1.29 is 46.5 Å². The van der Waals surface area contributed by atoms with E-state index in [1.54, 1.807) is 6.07 Å². The fraction of sp³-hybridized carbons (Fsp3) is 0.375. The van der Waals surface area contributed by atoms with Crippen LogP contribution in [0.4, 0.5) is 33.3 Å². The van der Waals surface area contributed by atoms with E-state index < -0.39 is 29.9 Å². The fourth-order valence-electron chi connectivity index (χ4n) is 5.80. The van der Waals surface area contributed by atoms with Crippen molar-refractivity contribution in [1.82, 2.24) is 14.8 Å². The second-order valence-corrected chi connectivity index (χ2v) is 12.2. The zero-order valence-corrected chi connectivity index (χ0v) is 26.7. The summed E-state index contributed by atoms with van der Waals surface area (Å²) >= 11 is 5.82. The summed E-state index contributed by atoms with van der Waals surface area (Å²) in [6, 6.07) is 7.34. The molecule has 17 heteroatoms. The van der Waals surface area contributed by atoms with E-state index in [0.717, 1.165) is 43.1 Å². The average molecular weight is 712 g/mol. The highest BCUT2D eigenvalue weighted by molar-refractivity contribution is 6.32. The first-order chi connectivity index (χ1) is 23.1. The lowest BCUT2D eigenvalue weighted by atomic mass is 10.00. The summed E-state index contributed by atoms with van der Waals surface area (Å²) in [6.07, 6.45) is -2.35. The molecule has 3 aromatic rings. The van der Waals surface area contributed by atoms with Gasteiger partial charge in [0.05, 0.1) is 22.6 Å². The number of pyridine rings is 1. The van der Waals surface area contributed by atoms with Crippen molar-refractivity contribution in [1.29, 1.82) is 0 Å². The Bertz CT molecular complexity index is 1840. The van der Waals surface area contributed by atoms with Crippen LogP contribution in [0.3, 0.4) is 0 Å². The van der Waals surface area contributed by atoms with Gasteiger partial charge < -0.3 is 35.1 Å². The highest BCUT2D eigenvalue weighted by atomic mass is 35.5. The number of carboxylic acids is 1. The van der Waals surface area contributed by atoms with Gasteiger partial charge in [-0.15, -0.1) is 0 Å². The SMILES string of the molecule is CN1CCC(N2Cc3cc4c(cc3C2=O)N=C(c2c(NC[C@@H](O)COc3cc(F)cc(F)c3Cl)cc[nH]c2=O)C4)CC1.O=C(O)C(F)(F)F. The van der Waals surface area contributed by atoms with Crippen LogP contribution in [0, 0.1) is 11.6 Å². The Morgan fingerprint density at radius 3 is 2.53 bits per heavy atom. The Morgan fingerprint density at radius 1 is 1.16 bits per heavy atom. The molecule has 262 valence electrons. The maximum absolute atomic E-state index is 13.7. The number of carbonyl (C=O) groups is 2. The van der Waals surface area contributed by atoms with Crippen LogP contribution in [0.25, 0.3) is 0 Å². The number of fused-ring (bicyclic) bond motifs is 2. The number of nitrogens with one attached hydrogen (secondary N) is 2. The molecule has 4 heterocycles. The lowest BCUT2D eigenvalue weighted by Crippen LogP contribution is -2.43. The molecular formula is C32H31ClF5N5O6. The molecule has 0 aliphatic carbocycles. The van der Waals surface area contributed by atoms with E-state index in [1.165, 1.54) is 6.20 Å². The van der Waals surface area contributed by atoms with Gasteiger partial charge in [-0.1, -0.05) is 17.7 Å². The largest absolute Gasteiger partial charge is 0.490 e. The molecule has 0 unspecified atom stereocenters. The van der Waals surface area contributed by atoms with Crippen molar-refractivity contribution in [3.63, 3.8) is 0 Å². The van der Waals surface area contributed by atoms with Crippen molar-refractivity contribution in [3.05, 3.63) is 85.8 Å². The molecule has 4 N–H and O–H groups in total. The molecule has 2 aromatic carbocycles. The molecule has 49 heavy (non-hydrogen) atoms. The van der Waals surface area contributed by atoms with Gasteiger partial charge in [-0.3, -0.25) is 14.6 Å². The van der Waals surface area contributed by atoms with Gasteiger partial charge in [0.15, 0.2) is 0 Å². The van der Waals surface area contributed by atoms with E-state index in [-0.39, 0.29) is 41.4 Å². The molecule has 0 saturated carbocycles. The van der Waals surface area contributed by atoms with Gasteiger partial charge in [0.25, 0.3) is 11.5 Å². The van der Waals surface area contributed by atoms with Gasteiger partial charge in [0.1, 0.15) is 35.1 Å². The summed E-state index contributed by atoms with van der Waals surface area (Å²) < 4.78 is 64.2. The molecule has 1 aromatic heterocycles. The molecule has 11 nitrogen and oxygen atoms in total. The number of aliphatic hydroxyl groups excluding tert-OH is 1. The maximum atomic E-state index is 13.7. The van der Waals surface area contributed by atoms with Crippen molar-refractivity contribution in [2.75, 3.05) is 38.6 Å². The van der Waals surface area contributed by atoms with Crippen molar-refractivity contribution in [3.8, 4) is 5.75 Å². The number of aliphatic carboxylic acids is 1. The minimum atomic E-state index is -5.08. The Morgan fingerprint density at radius 2 is 1.86 bits per heavy atom. The van der Waals surface area contributed by atoms with E-state index in [4.69, 9.17) is 31.2 Å². The van der Waals surface area contributed by atoms with Gasteiger partial charge in [0.2, 0.25) is 0 Å². The summed E-state index contributed by atoms with van der Waals surface area (Å²) in [6.45, 7) is 2.21. The van der Waals surface area contributed by atoms with Crippen molar-refractivity contribution in [2.24, 2.45) is 4.99 Å². The highest BCUT2D eigenvalue weighted by Gasteiger charge is 2.38. The first-order valence-corrected chi connectivity index (χ1v) is 15.4. The zero-order chi connectivity index (χ0) is 35.6. The number of H-pyrrole nitrogens is 1. The van der Waals surface area contributed by atoms with Crippen LogP contribution in [0.15, 0.2) is 46.3 Å². The molecule has 3 aliphatic rings. The van der Waals surface area contributed by atoms with Gasteiger partial charge in [0, 0.05) is 49.4 Å². The van der Waals surface area contributed by atoms with Crippen LogP contribution in [0.2, 0.25) is 5.02 Å². The number of aromatic amines is 1. The molecule has 1 atom stereocenters. The van der Waals surface area contributed by atoms with E-state index >= 15 is 0 Å². The summed E-state index contributed by atoms with van der Waals surface area (Å²) in [4.78, 5) is 46.8. The Kier molecular flexibility index (Phi) is 10.6. The maximum Gasteiger partial charge on any atom is 0.490 e. The number of aliphatic hydroxyl groups is 1. The van der Waals surface area contributed by atoms with Crippen molar-refractivity contribution in [2.45, 2.75) is 44.1 Å². The Balaban J connectivity index is 0.000000606. The number of likely N-dealkylation sites (tertiary alicyclic amines) is 1. The zero-order valence-electron chi connectivity index (χ0n) is 25.9. The van der Waals surface area contributed by atoms with E-state index in [0.29, 0.717) is 47.2 Å². The number of alkyl halides is 3. The summed E-state index contributed by atoms with van der Waals surface area (Å²) in [5, 5.41) is 20.2. The molecule has 6 rings (SSSR count). The minimum absolute atomic E-state index is 0.0261. The van der Waals surface area contributed by atoms with Gasteiger partial charge in [-0.2, -0.15) is 13.2 Å². The fourth-order valence-corrected chi connectivity index (χ4v) is 5.97. The molecule has 1 amide bonds. The number of ether oxygens (including phenoxy) is 1. The number of anilines is 1. The second kappa shape index (κ2) is 14.5. The normalized spacial score (nSPS) is 16.8. The Labute approximate surface area is 281 Å². The third-order valence-corrected chi connectivity index (χ3v) is 8.66. The topological polar surface area (TPSA) is 148 Å². The monoisotopic (exact) mass is 711 g/mol. The predicted molar refractivity (Wildman–Crippen MR) is 169 cm³/mol. The molecule has 0 radical (unpaired) electrons. The van der Waals surface area contributed by atoms with Gasteiger partial charge in [-0.25, -0.2) is 13.6 Å². The number of rotatable bonds is 8. The van der Waals surface area contributed by atoms with Gasteiger partial charge in [-0.05, 0) is 56.2 Å². The third-order valence-electron chi connectivity index (χ3n) is 8.29. The highest BCUT2D eigenvalue weighted by Crippen LogP contribution is 2.37. The number of amides is 1. The number of nitrogens with zero attached hydrogens (tertiary/aromatic N) is 3. The lowest BCUT2D eigenvalue weighted by Gasteiger charge is -2.34. The predicted octanol–water partition coefficient (Wildman–Crippen LogP) is 4.52. The van der Waals surface area contributed by atoms with Crippen LogP contribution in [-0.4, -0.2) is 94.2 Å². The van der Waals surface area contributed by atoms with Crippen LogP contribution in [0.5, 0.6) is 5.75 Å². The molecule has 1 saturated heterocycles. The first-order valence-electron chi connectivity index (χ1n) is 15.1. The standard InChI is InChI=1S/C30H30ClF2N5O4.C2HF3O2/c1-37-6-3-19(4-7-37)38-14-17-8-16-9-25(36-24(16)12-21(17)30(38)41)27-23(2-5-34-29(27)40)35-13-20(39)15-42-26-11-18(32)10-22(33)28(26)31;3-2(4,5)1(6)7/h2,5,8,10-12,19-20,39H,3-4,6-7,9,13-15H2,1H3,(H2,34,35,40);(H,6,7)/t20-;/m1./s1.